The lowest BCUT2D eigenvalue weighted by molar-refractivity contribution is -0.0574. The molecule has 3 aliphatic carbocycles. The molecule has 6 rings (SSSR count). The summed E-state index contributed by atoms with van der Waals surface area (Å²) in [5.41, 5.74) is 3.12. The Morgan fingerprint density at radius 1 is 1.20 bits per heavy atom. The number of nitrogens with zero attached hydrogens (tertiary/aromatic N) is 2. The number of hydrogen-bond acceptors (Lipinski definition) is 4. The fraction of sp³-hybridized carbons (Fsp3) is 0.480. The molecule has 0 aliphatic heterocycles. The normalized spacial score (nSPS) is 25.9. The highest BCUT2D eigenvalue weighted by atomic mass is 32.1. The van der Waals surface area contributed by atoms with E-state index >= 15 is 0 Å². The molecule has 0 spiro atoms. The highest BCUT2D eigenvalue weighted by Gasteiger charge is 2.46. The van der Waals surface area contributed by atoms with E-state index in [4.69, 9.17) is 0 Å². The summed E-state index contributed by atoms with van der Waals surface area (Å²) in [7, 11) is 2.18. The highest BCUT2D eigenvalue weighted by molar-refractivity contribution is 7.11. The Hall–Kier alpha value is -1.95. The first-order valence-corrected chi connectivity index (χ1v) is 12.1. The zero-order chi connectivity index (χ0) is 20.6. The van der Waals surface area contributed by atoms with Crippen LogP contribution >= 0.6 is 11.3 Å². The van der Waals surface area contributed by atoms with E-state index in [1.54, 1.807) is 0 Å². The van der Waals surface area contributed by atoms with Crippen molar-refractivity contribution < 1.29 is 5.11 Å². The predicted molar refractivity (Wildman–Crippen MR) is 125 cm³/mol. The lowest BCUT2D eigenvalue weighted by Crippen LogP contribution is -2.47. The van der Waals surface area contributed by atoms with Gasteiger partial charge in [0.05, 0.1) is 16.6 Å². The number of hydrogen-bond donors (Lipinski definition) is 2. The molecule has 4 nitrogen and oxygen atoms in total. The van der Waals surface area contributed by atoms with Crippen molar-refractivity contribution in [3.05, 3.63) is 58.6 Å². The third kappa shape index (κ3) is 3.98. The fourth-order valence-electron chi connectivity index (χ4n) is 5.34. The molecule has 158 valence electrons. The van der Waals surface area contributed by atoms with Gasteiger partial charge in [-0.1, -0.05) is 24.3 Å². The summed E-state index contributed by atoms with van der Waals surface area (Å²) in [6, 6.07) is 12.6. The molecule has 0 unspecified atom stereocenters. The Labute approximate surface area is 182 Å². The number of H-pyrrole nitrogens is 1. The Morgan fingerprint density at radius 3 is 2.87 bits per heavy atom. The smallest absolute Gasteiger partial charge is 0.107 e. The number of imidazole rings is 1. The van der Waals surface area contributed by atoms with Crippen LogP contribution in [-0.4, -0.2) is 45.7 Å². The first kappa shape index (κ1) is 20.0. The molecule has 2 N–H and O–H groups in total. The third-order valence-corrected chi connectivity index (χ3v) is 7.98. The van der Waals surface area contributed by atoms with Crippen LogP contribution in [0.4, 0.5) is 0 Å². The number of allylic oxidation sites excluding steroid dienone is 1. The largest absolute Gasteiger partial charge is 0.389 e. The Bertz CT molecular complexity index is 991. The van der Waals surface area contributed by atoms with Crippen molar-refractivity contribution in [2.24, 2.45) is 11.8 Å². The van der Waals surface area contributed by atoms with Crippen molar-refractivity contribution in [3.63, 3.8) is 0 Å². The third-order valence-electron chi connectivity index (χ3n) is 7.06. The van der Waals surface area contributed by atoms with Crippen LogP contribution in [-0.2, 0) is 6.42 Å². The molecule has 3 aromatic rings. The Morgan fingerprint density at radius 2 is 2.10 bits per heavy atom. The maximum absolute atomic E-state index is 11.4. The van der Waals surface area contributed by atoms with E-state index in [-0.39, 0.29) is 0 Å². The summed E-state index contributed by atoms with van der Waals surface area (Å²) in [4.78, 5) is 11.9. The molecule has 0 radical (unpaired) electrons. The monoisotopic (exact) mass is 421 g/mol. The van der Waals surface area contributed by atoms with Crippen LogP contribution < -0.4 is 0 Å². The highest BCUT2D eigenvalue weighted by Crippen LogP contribution is 2.51. The quantitative estimate of drug-likeness (QED) is 0.530. The number of aryl methyl sites for hydroxylation is 1. The molecule has 1 aromatic carbocycles. The molecule has 1 saturated carbocycles. The first-order valence-electron chi connectivity index (χ1n) is 11.2. The summed E-state index contributed by atoms with van der Waals surface area (Å²) in [6.45, 7) is 1.97. The number of fused-ring (bicyclic) bond motifs is 3. The number of rotatable bonds is 8. The van der Waals surface area contributed by atoms with Crippen LogP contribution in [0.2, 0.25) is 0 Å². The molecule has 1 fully saturated rings. The summed E-state index contributed by atoms with van der Waals surface area (Å²) in [5.74, 6) is 1.90. The second-order valence-corrected chi connectivity index (χ2v) is 10.1. The van der Waals surface area contributed by atoms with E-state index < -0.39 is 5.60 Å². The van der Waals surface area contributed by atoms with Crippen molar-refractivity contribution in [3.8, 4) is 0 Å². The number of aliphatic hydroxyl groups is 1. The van der Waals surface area contributed by atoms with Gasteiger partial charge in [0.15, 0.2) is 0 Å². The van der Waals surface area contributed by atoms with Gasteiger partial charge in [-0.3, -0.25) is 0 Å². The second kappa shape index (κ2) is 8.29. The van der Waals surface area contributed by atoms with Crippen LogP contribution in [0.25, 0.3) is 16.6 Å². The number of para-hydroxylation sites is 2. The van der Waals surface area contributed by atoms with E-state index in [0.717, 1.165) is 62.1 Å². The van der Waals surface area contributed by atoms with E-state index in [1.165, 1.54) is 16.9 Å². The van der Waals surface area contributed by atoms with Gasteiger partial charge in [0.2, 0.25) is 0 Å². The van der Waals surface area contributed by atoms with Gasteiger partial charge in [-0.05, 0) is 80.8 Å². The minimum atomic E-state index is -0.531. The van der Waals surface area contributed by atoms with Gasteiger partial charge in [0.25, 0.3) is 0 Å². The SMILES string of the molecule is CN(CCCc1nc2ccccc2[nH]1)CC[C@]1(O)C[C@H]2CC[C@@H]1C=C2c1cccs1. The number of aromatic nitrogens is 2. The maximum Gasteiger partial charge on any atom is 0.107 e. The lowest BCUT2D eigenvalue weighted by Gasteiger charge is -2.48. The van der Waals surface area contributed by atoms with Gasteiger partial charge in [-0.15, -0.1) is 11.3 Å². The van der Waals surface area contributed by atoms with Crippen LogP contribution in [0.5, 0.6) is 0 Å². The Balaban J connectivity index is 1.12. The molecular formula is C25H31N3OS. The molecule has 30 heavy (non-hydrogen) atoms. The van der Waals surface area contributed by atoms with Crippen molar-refractivity contribution >= 4 is 27.9 Å². The van der Waals surface area contributed by atoms with Crippen LogP contribution in [0.3, 0.4) is 0 Å². The zero-order valence-corrected chi connectivity index (χ0v) is 18.5. The van der Waals surface area contributed by atoms with Gasteiger partial charge in [-0.25, -0.2) is 4.98 Å². The summed E-state index contributed by atoms with van der Waals surface area (Å²) >= 11 is 1.83. The van der Waals surface area contributed by atoms with Gasteiger partial charge < -0.3 is 15.0 Å². The van der Waals surface area contributed by atoms with Crippen molar-refractivity contribution in [2.75, 3.05) is 20.1 Å². The van der Waals surface area contributed by atoms with Gasteiger partial charge in [0, 0.05) is 23.8 Å². The van der Waals surface area contributed by atoms with Gasteiger partial charge in [0.1, 0.15) is 5.82 Å². The molecular weight excluding hydrogens is 390 g/mol. The Kier molecular flexibility index (Phi) is 5.52. The van der Waals surface area contributed by atoms with E-state index in [1.807, 2.05) is 23.5 Å². The summed E-state index contributed by atoms with van der Waals surface area (Å²) in [5, 5.41) is 13.6. The molecule has 2 bridgehead atoms. The van der Waals surface area contributed by atoms with Gasteiger partial charge in [-0.2, -0.15) is 0 Å². The molecule has 2 aromatic heterocycles. The standard InChI is InChI=1S/C25H31N3OS/c1-28(13-4-9-24-26-21-6-2-3-7-22(21)27-24)14-12-25(29)17-18-10-11-19(25)16-20(18)23-8-5-15-30-23/h2-3,5-8,15-16,18-19,29H,4,9-14,17H2,1H3,(H,26,27)/t18-,19-,25+/m1/s1. The van der Waals surface area contributed by atoms with Crippen LogP contribution in [0.1, 0.15) is 42.8 Å². The molecule has 0 amide bonds. The maximum atomic E-state index is 11.4. The first-order chi connectivity index (χ1) is 14.6. The molecule has 5 heteroatoms. The van der Waals surface area contributed by atoms with Gasteiger partial charge >= 0.3 is 0 Å². The lowest BCUT2D eigenvalue weighted by atomic mass is 9.62. The average Bonchev–Trinajstić information content (AvgIpc) is 3.42. The van der Waals surface area contributed by atoms with Crippen molar-refractivity contribution in [1.82, 2.24) is 14.9 Å². The zero-order valence-electron chi connectivity index (χ0n) is 17.7. The number of aromatic amines is 1. The number of thiophene rings is 1. The second-order valence-electron chi connectivity index (χ2n) is 9.15. The molecule has 2 heterocycles. The fourth-order valence-corrected chi connectivity index (χ4v) is 6.17. The molecule has 3 aliphatic rings. The molecule has 0 saturated heterocycles. The molecule has 3 atom stereocenters. The average molecular weight is 422 g/mol. The number of nitrogens with one attached hydrogen (secondary N) is 1. The number of benzene rings is 1. The minimum absolute atomic E-state index is 0.309. The minimum Gasteiger partial charge on any atom is -0.389 e. The van der Waals surface area contributed by atoms with Crippen molar-refractivity contribution in [2.45, 2.75) is 44.1 Å². The summed E-state index contributed by atoms with van der Waals surface area (Å²) in [6.07, 6.45) is 8.57. The topological polar surface area (TPSA) is 52.2 Å². The van der Waals surface area contributed by atoms with E-state index in [2.05, 4.69) is 57.6 Å². The van der Waals surface area contributed by atoms with Crippen molar-refractivity contribution in [1.29, 1.82) is 0 Å². The van der Waals surface area contributed by atoms with Crippen LogP contribution in [0.15, 0.2) is 47.9 Å². The summed E-state index contributed by atoms with van der Waals surface area (Å²) < 4.78 is 0. The van der Waals surface area contributed by atoms with E-state index in [9.17, 15) is 5.11 Å². The predicted octanol–water partition coefficient (Wildman–Crippen LogP) is 5.12. The van der Waals surface area contributed by atoms with E-state index in [0.29, 0.717) is 11.8 Å². The van der Waals surface area contributed by atoms with Crippen LogP contribution in [0, 0.1) is 11.8 Å².